The molecule has 1 N–H and O–H groups in total. The van der Waals surface area contributed by atoms with Crippen molar-refractivity contribution in [2.24, 2.45) is 0 Å². The zero-order chi connectivity index (χ0) is 24.2. The quantitative estimate of drug-likeness (QED) is 0.454. The van der Waals surface area contributed by atoms with Crippen LogP contribution in [0, 0.1) is 6.92 Å². The Morgan fingerprint density at radius 3 is 2.32 bits per heavy atom. The summed E-state index contributed by atoms with van der Waals surface area (Å²) < 4.78 is 0. The van der Waals surface area contributed by atoms with Crippen molar-refractivity contribution < 1.29 is 4.79 Å². The number of aromatic nitrogens is 1. The first kappa shape index (κ1) is 24.2. The van der Waals surface area contributed by atoms with Gasteiger partial charge in [-0.1, -0.05) is 35.9 Å². The van der Waals surface area contributed by atoms with Crippen molar-refractivity contribution in [3.8, 4) is 0 Å². The molecule has 0 atom stereocenters. The molecule has 5 heteroatoms. The summed E-state index contributed by atoms with van der Waals surface area (Å²) in [6, 6.07) is 19.9. The minimum absolute atomic E-state index is 0.0178. The highest BCUT2D eigenvalue weighted by Gasteiger charge is 2.24. The van der Waals surface area contributed by atoms with Gasteiger partial charge in [0.2, 0.25) is 0 Å². The maximum atomic E-state index is 12.9. The number of hydrogen-bond acceptors (Lipinski definition) is 3. The number of rotatable bonds is 6. The van der Waals surface area contributed by atoms with Crippen LogP contribution in [0.1, 0.15) is 63.3 Å². The fraction of sp³-hybridized carbons (Fsp3) is 0.448. The fourth-order valence-corrected chi connectivity index (χ4v) is 4.94. The van der Waals surface area contributed by atoms with Crippen LogP contribution in [-0.4, -0.2) is 46.0 Å². The first-order chi connectivity index (χ1) is 16.3. The first-order valence-electron chi connectivity index (χ1n) is 12.6. The van der Waals surface area contributed by atoms with Crippen molar-refractivity contribution in [3.63, 3.8) is 0 Å². The van der Waals surface area contributed by atoms with E-state index in [1.165, 1.54) is 11.1 Å². The fourth-order valence-electron chi connectivity index (χ4n) is 4.94. The van der Waals surface area contributed by atoms with Gasteiger partial charge in [0.05, 0.1) is 11.2 Å². The molecule has 180 valence electrons. The summed E-state index contributed by atoms with van der Waals surface area (Å²) in [6.45, 7) is 13.4. The Bertz CT molecular complexity index is 1110. The van der Waals surface area contributed by atoms with E-state index >= 15 is 0 Å². The smallest absolute Gasteiger partial charge is 0.321 e. The van der Waals surface area contributed by atoms with Gasteiger partial charge in [-0.3, -0.25) is 9.88 Å². The van der Waals surface area contributed by atoms with Crippen LogP contribution in [0.3, 0.4) is 0 Å². The van der Waals surface area contributed by atoms with Crippen LogP contribution in [0.5, 0.6) is 0 Å². The number of benzene rings is 2. The lowest BCUT2D eigenvalue weighted by Crippen LogP contribution is -2.40. The zero-order valence-electron chi connectivity index (χ0n) is 21.2. The summed E-state index contributed by atoms with van der Waals surface area (Å²) >= 11 is 0. The molecule has 0 bridgehead atoms. The van der Waals surface area contributed by atoms with Gasteiger partial charge >= 0.3 is 6.03 Å². The van der Waals surface area contributed by atoms with E-state index in [-0.39, 0.29) is 6.03 Å². The molecule has 1 fully saturated rings. The number of nitrogens with zero attached hydrogens (tertiary/aromatic N) is 3. The number of pyridine rings is 1. The van der Waals surface area contributed by atoms with Crippen molar-refractivity contribution >= 4 is 22.6 Å². The summed E-state index contributed by atoms with van der Waals surface area (Å²) in [4.78, 5) is 22.1. The number of likely N-dealkylation sites (tertiary alicyclic amines) is 1. The highest BCUT2D eigenvalue weighted by Crippen LogP contribution is 2.28. The number of carbonyl (C=O) groups is 1. The number of carbonyl (C=O) groups excluding carboxylic acids is 1. The first-order valence-corrected chi connectivity index (χ1v) is 12.6. The summed E-state index contributed by atoms with van der Waals surface area (Å²) in [6.07, 6.45) is 2.01. The maximum Gasteiger partial charge on any atom is 0.321 e. The maximum absolute atomic E-state index is 12.9. The Morgan fingerprint density at radius 2 is 1.68 bits per heavy atom. The number of piperidine rings is 1. The van der Waals surface area contributed by atoms with Crippen LogP contribution in [0.15, 0.2) is 54.6 Å². The Balaban J connectivity index is 1.36. The Labute approximate surface area is 204 Å². The number of anilines is 1. The number of nitrogens with one attached hydrogen (secondary N) is 1. The molecule has 0 radical (unpaired) electrons. The predicted octanol–water partition coefficient (Wildman–Crippen LogP) is 6.57. The van der Waals surface area contributed by atoms with Crippen molar-refractivity contribution in [2.75, 3.05) is 18.4 Å². The average molecular weight is 459 g/mol. The van der Waals surface area contributed by atoms with E-state index in [2.05, 4.69) is 81.2 Å². The van der Waals surface area contributed by atoms with Gasteiger partial charge in [-0.2, -0.15) is 0 Å². The highest BCUT2D eigenvalue weighted by molar-refractivity contribution is 5.92. The molecule has 1 aliphatic heterocycles. The van der Waals surface area contributed by atoms with Crippen molar-refractivity contribution in [2.45, 2.75) is 72.0 Å². The van der Waals surface area contributed by atoms with E-state index in [4.69, 9.17) is 4.98 Å². The standard InChI is InChI=1S/C29H38N4O/c1-20(2)33(21(3)4)19-27-11-10-25-18-26(12-13-28(25)30-27)31-29(34)32-16-14-24(15-17-32)23-8-6-22(5)7-9-23/h6-13,18,20-21,24H,14-17,19H2,1-5H3,(H,31,34). The molecule has 0 spiro atoms. The normalized spacial score (nSPS) is 15.0. The van der Waals surface area contributed by atoms with Gasteiger partial charge in [0.25, 0.3) is 0 Å². The summed E-state index contributed by atoms with van der Waals surface area (Å²) in [5.74, 6) is 0.535. The number of fused-ring (bicyclic) bond motifs is 1. The second-order valence-corrected chi connectivity index (χ2v) is 10.2. The number of aryl methyl sites for hydroxylation is 1. The minimum Gasteiger partial charge on any atom is -0.324 e. The molecule has 0 unspecified atom stereocenters. The van der Waals surface area contributed by atoms with Gasteiger partial charge in [0, 0.05) is 42.8 Å². The van der Waals surface area contributed by atoms with Gasteiger partial charge in [0.15, 0.2) is 0 Å². The third-order valence-corrected chi connectivity index (χ3v) is 7.00. The predicted molar refractivity (Wildman–Crippen MR) is 141 cm³/mol. The van der Waals surface area contributed by atoms with Crippen molar-refractivity contribution in [1.82, 2.24) is 14.8 Å². The van der Waals surface area contributed by atoms with Crippen molar-refractivity contribution in [1.29, 1.82) is 0 Å². The largest absolute Gasteiger partial charge is 0.324 e. The molecule has 2 amide bonds. The zero-order valence-corrected chi connectivity index (χ0v) is 21.2. The highest BCUT2D eigenvalue weighted by atomic mass is 16.2. The molecule has 34 heavy (non-hydrogen) atoms. The number of hydrogen-bond donors (Lipinski definition) is 1. The SMILES string of the molecule is Cc1ccc(C2CCN(C(=O)Nc3ccc4nc(CN(C(C)C)C(C)C)ccc4c3)CC2)cc1. The Kier molecular flexibility index (Phi) is 7.52. The van der Waals surface area contributed by atoms with Crippen LogP contribution in [-0.2, 0) is 6.54 Å². The van der Waals surface area contributed by atoms with E-state index in [0.29, 0.717) is 18.0 Å². The molecule has 5 nitrogen and oxygen atoms in total. The molecule has 2 aromatic carbocycles. The monoisotopic (exact) mass is 458 g/mol. The molecule has 4 rings (SSSR count). The molecule has 1 aromatic heterocycles. The van der Waals surface area contributed by atoms with Gasteiger partial charge in [0.1, 0.15) is 0 Å². The summed E-state index contributed by atoms with van der Waals surface area (Å²) in [5.41, 5.74) is 5.52. The lowest BCUT2D eigenvalue weighted by Gasteiger charge is -2.32. The van der Waals surface area contributed by atoms with Gasteiger partial charge in [-0.25, -0.2) is 4.79 Å². The molecular formula is C29H38N4O. The Hall–Kier alpha value is -2.92. The second kappa shape index (κ2) is 10.6. The molecular weight excluding hydrogens is 420 g/mol. The summed E-state index contributed by atoms with van der Waals surface area (Å²) in [5, 5.41) is 4.14. The number of urea groups is 1. The lowest BCUT2D eigenvalue weighted by atomic mass is 9.89. The average Bonchev–Trinajstić information content (AvgIpc) is 2.82. The number of amides is 2. The van der Waals surface area contributed by atoms with Crippen LogP contribution in [0.2, 0.25) is 0 Å². The summed E-state index contributed by atoms with van der Waals surface area (Å²) in [7, 11) is 0. The molecule has 2 heterocycles. The van der Waals surface area contributed by atoms with E-state index < -0.39 is 0 Å². The van der Waals surface area contributed by atoms with E-state index in [9.17, 15) is 4.79 Å². The Morgan fingerprint density at radius 1 is 1.00 bits per heavy atom. The van der Waals surface area contributed by atoms with Crippen LogP contribution in [0.4, 0.5) is 10.5 Å². The topological polar surface area (TPSA) is 48.5 Å². The lowest BCUT2D eigenvalue weighted by molar-refractivity contribution is 0.164. The minimum atomic E-state index is -0.0178. The van der Waals surface area contributed by atoms with E-state index in [1.54, 1.807) is 0 Å². The molecule has 0 saturated carbocycles. The third-order valence-electron chi connectivity index (χ3n) is 7.00. The van der Waals surface area contributed by atoms with Crippen LogP contribution in [0.25, 0.3) is 10.9 Å². The van der Waals surface area contributed by atoms with Gasteiger partial charge in [-0.15, -0.1) is 0 Å². The second-order valence-electron chi connectivity index (χ2n) is 10.2. The molecule has 1 saturated heterocycles. The van der Waals surface area contributed by atoms with Crippen LogP contribution < -0.4 is 5.32 Å². The van der Waals surface area contributed by atoms with E-state index in [1.807, 2.05) is 23.1 Å². The van der Waals surface area contributed by atoms with Crippen molar-refractivity contribution in [3.05, 3.63) is 71.4 Å². The van der Waals surface area contributed by atoms with Gasteiger partial charge < -0.3 is 10.2 Å². The van der Waals surface area contributed by atoms with E-state index in [0.717, 1.165) is 54.8 Å². The van der Waals surface area contributed by atoms with Crippen LogP contribution >= 0.6 is 0 Å². The third kappa shape index (κ3) is 5.76. The molecule has 0 aliphatic carbocycles. The van der Waals surface area contributed by atoms with Gasteiger partial charge in [-0.05, 0) is 83.2 Å². The molecule has 1 aliphatic rings. The molecule has 3 aromatic rings.